The maximum absolute atomic E-state index is 12.1. The molecule has 0 N–H and O–H groups in total. The van der Waals surface area contributed by atoms with E-state index in [1.54, 1.807) is 12.1 Å². The molecule has 0 saturated carbocycles. The van der Waals surface area contributed by atoms with Crippen LogP contribution in [0.15, 0.2) is 54.6 Å². The van der Waals surface area contributed by atoms with E-state index in [9.17, 15) is 9.59 Å². The number of esters is 1. The monoisotopic (exact) mass is 324 g/mol. The molecule has 0 spiro atoms. The zero-order valence-electron chi connectivity index (χ0n) is 14.3. The van der Waals surface area contributed by atoms with Gasteiger partial charge in [0, 0.05) is 12.0 Å². The van der Waals surface area contributed by atoms with Gasteiger partial charge >= 0.3 is 5.97 Å². The van der Waals surface area contributed by atoms with Gasteiger partial charge in [-0.2, -0.15) is 0 Å². The summed E-state index contributed by atoms with van der Waals surface area (Å²) in [5.74, 6) is 0.0966. The van der Waals surface area contributed by atoms with E-state index in [0.29, 0.717) is 17.9 Å². The highest BCUT2D eigenvalue weighted by molar-refractivity contribution is 5.98. The molecule has 0 saturated heterocycles. The smallest absolute Gasteiger partial charge is 0.306 e. The number of hydrogen-bond acceptors (Lipinski definition) is 3. The van der Waals surface area contributed by atoms with E-state index in [4.69, 9.17) is 4.74 Å². The molecule has 0 aliphatic rings. The molecule has 0 aromatic heterocycles. The standard InChI is InChI=1S/C21H24O3/c1-16(2)7-6-10-21(23)24-15-20(22)19-13-11-18(12-14-19)17-8-4-3-5-9-17/h3-5,8-9,11-14,16H,6-7,10,15H2,1-2H3. The Morgan fingerprint density at radius 1 is 0.917 bits per heavy atom. The van der Waals surface area contributed by atoms with E-state index in [1.165, 1.54) is 0 Å². The van der Waals surface area contributed by atoms with E-state index >= 15 is 0 Å². The van der Waals surface area contributed by atoms with E-state index in [0.717, 1.165) is 24.0 Å². The molecule has 0 fully saturated rings. The molecule has 0 amide bonds. The molecule has 24 heavy (non-hydrogen) atoms. The average molecular weight is 324 g/mol. The van der Waals surface area contributed by atoms with Crippen LogP contribution in [0.25, 0.3) is 11.1 Å². The third kappa shape index (κ3) is 5.65. The second-order valence-electron chi connectivity index (χ2n) is 6.31. The molecule has 0 radical (unpaired) electrons. The lowest BCUT2D eigenvalue weighted by molar-refractivity contribution is -0.142. The summed E-state index contributed by atoms with van der Waals surface area (Å²) in [5.41, 5.74) is 2.72. The number of carbonyl (C=O) groups is 2. The first-order chi connectivity index (χ1) is 11.6. The molecule has 126 valence electrons. The lowest BCUT2D eigenvalue weighted by Gasteiger charge is -2.07. The maximum Gasteiger partial charge on any atom is 0.306 e. The highest BCUT2D eigenvalue weighted by Gasteiger charge is 2.10. The van der Waals surface area contributed by atoms with Gasteiger partial charge in [0.25, 0.3) is 0 Å². The Labute approximate surface area is 143 Å². The Balaban J connectivity index is 1.83. The van der Waals surface area contributed by atoms with Gasteiger partial charge in [0.05, 0.1) is 0 Å². The highest BCUT2D eigenvalue weighted by Crippen LogP contribution is 2.19. The zero-order valence-corrected chi connectivity index (χ0v) is 14.3. The quantitative estimate of drug-likeness (QED) is 0.512. The van der Waals surface area contributed by atoms with Crippen molar-refractivity contribution in [3.8, 4) is 11.1 Å². The normalized spacial score (nSPS) is 10.6. The van der Waals surface area contributed by atoms with Crippen LogP contribution in [0.3, 0.4) is 0 Å². The third-order valence-electron chi connectivity index (χ3n) is 3.84. The predicted molar refractivity (Wildman–Crippen MR) is 95.9 cm³/mol. The summed E-state index contributed by atoms with van der Waals surface area (Å²) in [7, 11) is 0. The number of benzene rings is 2. The minimum absolute atomic E-state index is 0.174. The molecule has 2 rings (SSSR count). The summed E-state index contributed by atoms with van der Waals surface area (Å²) < 4.78 is 5.07. The minimum Gasteiger partial charge on any atom is -0.457 e. The molecule has 3 heteroatoms. The Bertz CT molecular complexity index is 657. The van der Waals surface area contributed by atoms with E-state index < -0.39 is 0 Å². The van der Waals surface area contributed by atoms with Crippen molar-refractivity contribution in [3.63, 3.8) is 0 Å². The summed E-state index contributed by atoms with van der Waals surface area (Å²) in [6, 6.07) is 17.3. The fourth-order valence-corrected chi connectivity index (χ4v) is 2.44. The Morgan fingerprint density at radius 3 is 2.17 bits per heavy atom. The molecular formula is C21H24O3. The molecule has 2 aromatic rings. The van der Waals surface area contributed by atoms with Crippen LogP contribution in [-0.2, 0) is 9.53 Å². The van der Waals surface area contributed by atoms with Gasteiger partial charge in [0.1, 0.15) is 0 Å². The minimum atomic E-state index is -0.301. The van der Waals surface area contributed by atoms with Crippen LogP contribution in [0, 0.1) is 5.92 Å². The SMILES string of the molecule is CC(C)CCCC(=O)OCC(=O)c1ccc(-c2ccccc2)cc1. The Hall–Kier alpha value is -2.42. The summed E-state index contributed by atoms with van der Waals surface area (Å²) in [5, 5.41) is 0. The average Bonchev–Trinajstić information content (AvgIpc) is 2.60. The van der Waals surface area contributed by atoms with Crippen molar-refractivity contribution in [1.29, 1.82) is 0 Å². The van der Waals surface area contributed by atoms with Crippen LogP contribution < -0.4 is 0 Å². The van der Waals surface area contributed by atoms with Crippen LogP contribution in [0.5, 0.6) is 0 Å². The zero-order chi connectivity index (χ0) is 17.4. The van der Waals surface area contributed by atoms with Gasteiger partial charge < -0.3 is 4.74 Å². The fraction of sp³-hybridized carbons (Fsp3) is 0.333. The molecule has 0 unspecified atom stereocenters. The van der Waals surface area contributed by atoms with Gasteiger partial charge in [-0.05, 0) is 23.5 Å². The molecule has 0 atom stereocenters. The van der Waals surface area contributed by atoms with Crippen molar-refractivity contribution in [1.82, 2.24) is 0 Å². The van der Waals surface area contributed by atoms with Crippen LogP contribution in [0.1, 0.15) is 43.5 Å². The second kappa shape index (κ2) is 9.02. The summed E-state index contributed by atoms with van der Waals surface area (Å²) in [6.45, 7) is 4.05. The van der Waals surface area contributed by atoms with E-state index in [-0.39, 0.29) is 18.4 Å². The van der Waals surface area contributed by atoms with Gasteiger partial charge in [-0.15, -0.1) is 0 Å². The van der Waals surface area contributed by atoms with Crippen LogP contribution in [-0.4, -0.2) is 18.4 Å². The summed E-state index contributed by atoms with van der Waals surface area (Å²) >= 11 is 0. The van der Waals surface area contributed by atoms with Crippen molar-refractivity contribution in [2.75, 3.05) is 6.61 Å². The number of ether oxygens (including phenoxy) is 1. The highest BCUT2D eigenvalue weighted by atomic mass is 16.5. The molecule has 0 heterocycles. The molecule has 0 aliphatic carbocycles. The lowest BCUT2D eigenvalue weighted by atomic mass is 10.0. The number of carbonyl (C=O) groups excluding carboxylic acids is 2. The van der Waals surface area contributed by atoms with Crippen molar-refractivity contribution in [2.24, 2.45) is 5.92 Å². The molecule has 3 nitrogen and oxygen atoms in total. The van der Waals surface area contributed by atoms with Gasteiger partial charge in [-0.25, -0.2) is 0 Å². The fourth-order valence-electron chi connectivity index (χ4n) is 2.44. The van der Waals surface area contributed by atoms with E-state index in [1.807, 2.05) is 42.5 Å². The largest absolute Gasteiger partial charge is 0.457 e. The van der Waals surface area contributed by atoms with Gasteiger partial charge in [-0.3, -0.25) is 9.59 Å². The molecule has 2 aromatic carbocycles. The second-order valence-corrected chi connectivity index (χ2v) is 6.31. The van der Waals surface area contributed by atoms with E-state index in [2.05, 4.69) is 13.8 Å². The molecular weight excluding hydrogens is 300 g/mol. The van der Waals surface area contributed by atoms with Crippen LogP contribution in [0.2, 0.25) is 0 Å². The van der Waals surface area contributed by atoms with Gasteiger partial charge in [0.2, 0.25) is 0 Å². The topological polar surface area (TPSA) is 43.4 Å². The van der Waals surface area contributed by atoms with Crippen LogP contribution in [0.4, 0.5) is 0 Å². The van der Waals surface area contributed by atoms with Crippen molar-refractivity contribution < 1.29 is 14.3 Å². The Kier molecular flexibility index (Phi) is 6.74. The lowest BCUT2D eigenvalue weighted by Crippen LogP contribution is -2.14. The van der Waals surface area contributed by atoms with Crippen molar-refractivity contribution in [3.05, 3.63) is 60.2 Å². The van der Waals surface area contributed by atoms with Crippen molar-refractivity contribution in [2.45, 2.75) is 33.1 Å². The predicted octanol–water partition coefficient (Wildman–Crippen LogP) is 4.91. The van der Waals surface area contributed by atoms with Gasteiger partial charge in [-0.1, -0.05) is 74.9 Å². The summed E-state index contributed by atoms with van der Waals surface area (Å²) in [4.78, 5) is 23.7. The van der Waals surface area contributed by atoms with Gasteiger partial charge in [0.15, 0.2) is 12.4 Å². The number of ketones is 1. The first-order valence-corrected chi connectivity index (χ1v) is 8.40. The Morgan fingerprint density at radius 2 is 1.54 bits per heavy atom. The maximum atomic E-state index is 12.1. The summed E-state index contributed by atoms with van der Waals surface area (Å²) in [6.07, 6.45) is 2.17. The molecule has 0 bridgehead atoms. The number of Topliss-reactive ketones (excluding diaryl/α,β-unsaturated/α-hetero) is 1. The first-order valence-electron chi connectivity index (χ1n) is 8.40. The first kappa shape index (κ1) is 17.9. The van der Waals surface area contributed by atoms with Crippen molar-refractivity contribution >= 4 is 11.8 Å². The third-order valence-corrected chi connectivity index (χ3v) is 3.84. The van der Waals surface area contributed by atoms with Crippen LogP contribution >= 0.6 is 0 Å². The number of rotatable bonds is 8. The molecule has 0 aliphatic heterocycles. The number of hydrogen-bond donors (Lipinski definition) is 0.